The van der Waals surface area contributed by atoms with Crippen molar-refractivity contribution in [3.63, 3.8) is 0 Å². The van der Waals surface area contributed by atoms with Gasteiger partial charge in [0.25, 0.3) is 0 Å². The van der Waals surface area contributed by atoms with Crippen molar-refractivity contribution in [3.05, 3.63) is 78.0 Å². The fraction of sp³-hybridized carbons (Fsp3) is 0.238. The number of H-pyrrole nitrogens is 1. The minimum absolute atomic E-state index is 1.06. The highest BCUT2D eigenvalue weighted by Gasteiger charge is 2.13. The molecule has 0 atom stereocenters. The maximum atomic E-state index is 3.30. The van der Waals surface area contributed by atoms with Gasteiger partial charge in [-0.3, -0.25) is 4.90 Å². The van der Waals surface area contributed by atoms with Gasteiger partial charge >= 0.3 is 0 Å². The molecule has 1 aliphatic heterocycles. The zero-order valence-corrected chi connectivity index (χ0v) is 13.3. The Kier molecular flexibility index (Phi) is 3.99. The Morgan fingerprint density at radius 2 is 1.87 bits per heavy atom. The number of rotatable bonds is 4. The van der Waals surface area contributed by atoms with Crippen LogP contribution in [0, 0.1) is 0 Å². The fourth-order valence-electron chi connectivity index (χ4n) is 3.48. The average Bonchev–Trinajstić information content (AvgIpc) is 3.10. The maximum absolute atomic E-state index is 3.30. The van der Waals surface area contributed by atoms with Crippen molar-refractivity contribution < 1.29 is 0 Å². The van der Waals surface area contributed by atoms with Gasteiger partial charge in [0.2, 0.25) is 0 Å². The minimum atomic E-state index is 1.06. The first-order chi connectivity index (χ1) is 11.4. The molecule has 0 saturated heterocycles. The van der Waals surface area contributed by atoms with E-state index < -0.39 is 0 Å². The van der Waals surface area contributed by atoms with Crippen molar-refractivity contribution in [2.24, 2.45) is 0 Å². The number of nitrogens with one attached hydrogen (secondary N) is 1. The van der Waals surface area contributed by atoms with E-state index in [4.69, 9.17) is 0 Å². The summed E-state index contributed by atoms with van der Waals surface area (Å²) in [6, 6.07) is 19.5. The first-order valence-corrected chi connectivity index (χ1v) is 8.42. The lowest BCUT2D eigenvalue weighted by molar-refractivity contribution is 0.306. The molecule has 2 nitrogen and oxygen atoms in total. The molecule has 0 radical (unpaired) electrons. The minimum Gasteiger partial charge on any atom is -0.361 e. The molecule has 1 aliphatic rings. The summed E-state index contributed by atoms with van der Waals surface area (Å²) in [6.45, 7) is 3.35. The average molecular weight is 302 g/mol. The van der Waals surface area contributed by atoms with Crippen molar-refractivity contribution >= 4 is 16.5 Å². The van der Waals surface area contributed by atoms with Crippen LogP contribution in [0.3, 0.4) is 0 Å². The van der Waals surface area contributed by atoms with Crippen LogP contribution >= 0.6 is 0 Å². The molecule has 0 spiro atoms. The summed E-state index contributed by atoms with van der Waals surface area (Å²) in [5, 5.41) is 1.37. The third-order valence-corrected chi connectivity index (χ3v) is 4.82. The van der Waals surface area contributed by atoms with Gasteiger partial charge in [-0.05, 0) is 41.7 Å². The molecule has 0 amide bonds. The van der Waals surface area contributed by atoms with Gasteiger partial charge in [0, 0.05) is 36.7 Å². The highest BCUT2D eigenvalue weighted by atomic mass is 15.1. The lowest BCUT2D eigenvalue weighted by atomic mass is 9.99. The van der Waals surface area contributed by atoms with Crippen molar-refractivity contribution in [2.45, 2.75) is 12.8 Å². The highest BCUT2D eigenvalue weighted by Crippen LogP contribution is 2.23. The number of nitrogens with zero attached hydrogens (tertiary/aromatic N) is 1. The summed E-state index contributed by atoms with van der Waals surface area (Å²) in [4.78, 5) is 5.85. The van der Waals surface area contributed by atoms with Gasteiger partial charge in [-0.15, -0.1) is 0 Å². The van der Waals surface area contributed by atoms with E-state index in [0.717, 1.165) is 32.5 Å². The third kappa shape index (κ3) is 3.08. The molecule has 4 rings (SSSR count). The van der Waals surface area contributed by atoms with E-state index in [1.165, 1.54) is 27.6 Å². The van der Waals surface area contributed by atoms with Crippen molar-refractivity contribution in [1.29, 1.82) is 0 Å². The smallest absolute Gasteiger partial charge is 0.0456 e. The molecule has 1 aromatic heterocycles. The molecule has 1 N–H and O–H groups in total. The molecular weight excluding hydrogens is 280 g/mol. The third-order valence-electron chi connectivity index (χ3n) is 4.82. The van der Waals surface area contributed by atoms with Gasteiger partial charge < -0.3 is 4.98 Å². The number of aromatic nitrogens is 1. The van der Waals surface area contributed by atoms with Crippen molar-refractivity contribution in [3.8, 4) is 0 Å². The molecule has 0 saturated carbocycles. The molecule has 3 aromatic rings. The zero-order chi connectivity index (χ0) is 15.5. The summed E-state index contributed by atoms with van der Waals surface area (Å²) in [5.74, 6) is 0. The Morgan fingerprint density at radius 1 is 0.957 bits per heavy atom. The number of hydrogen-bond acceptors (Lipinski definition) is 1. The monoisotopic (exact) mass is 302 g/mol. The second-order valence-electron chi connectivity index (χ2n) is 6.25. The molecule has 116 valence electrons. The summed E-state index contributed by atoms with van der Waals surface area (Å²) in [6.07, 6.45) is 6.70. The Bertz CT molecular complexity index is 814. The van der Waals surface area contributed by atoms with Crippen LogP contribution in [0.25, 0.3) is 16.5 Å². The quantitative estimate of drug-likeness (QED) is 0.752. The van der Waals surface area contributed by atoms with E-state index >= 15 is 0 Å². The number of fused-ring (bicyclic) bond motifs is 1. The Hall–Kier alpha value is -2.32. The van der Waals surface area contributed by atoms with Gasteiger partial charge in [0.15, 0.2) is 0 Å². The molecule has 0 aliphatic carbocycles. The van der Waals surface area contributed by atoms with Crippen LogP contribution in [0.15, 0.2) is 66.9 Å². The van der Waals surface area contributed by atoms with E-state index in [9.17, 15) is 0 Å². The largest absolute Gasteiger partial charge is 0.361 e. The molecule has 0 fully saturated rings. The van der Waals surface area contributed by atoms with Crippen LogP contribution in [0.4, 0.5) is 0 Å². The second kappa shape index (κ2) is 6.43. The van der Waals surface area contributed by atoms with Crippen LogP contribution in [-0.4, -0.2) is 29.5 Å². The lowest BCUT2D eigenvalue weighted by Gasteiger charge is -2.26. The topological polar surface area (TPSA) is 19.0 Å². The van der Waals surface area contributed by atoms with Crippen LogP contribution in [0.2, 0.25) is 0 Å². The fourth-order valence-corrected chi connectivity index (χ4v) is 3.48. The molecule has 0 unspecified atom stereocenters. The van der Waals surface area contributed by atoms with Crippen LogP contribution in [-0.2, 0) is 6.42 Å². The van der Waals surface area contributed by atoms with Gasteiger partial charge in [0.05, 0.1) is 0 Å². The molecule has 2 aromatic carbocycles. The van der Waals surface area contributed by atoms with Crippen LogP contribution in [0.1, 0.15) is 17.5 Å². The number of aromatic amines is 1. The second-order valence-corrected chi connectivity index (χ2v) is 6.25. The summed E-state index contributed by atoms with van der Waals surface area (Å²) < 4.78 is 0. The summed E-state index contributed by atoms with van der Waals surface area (Å²) >= 11 is 0. The maximum Gasteiger partial charge on any atom is 0.0456 e. The normalized spacial score (nSPS) is 15.7. The molecular formula is C21H22N2. The highest BCUT2D eigenvalue weighted by molar-refractivity contribution is 5.82. The zero-order valence-electron chi connectivity index (χ0n) is 13.3. The number of benzene rings is 2. The van der Waals surface area contributed by atoms with Gasteiger partial charge in [-0.1, -0.05) is 48.5 Å². The summed E-state index contributed by atoms with van der Waals surface area (Å²) in [7, 11) is 0. The van der Waals surface area contributed by atoms with Gasteiger partial charge in [-0.2, -0.15) is 0 Å². The van der Waals surface area contributed by atoms with Gasteiger partial charge in [-0.25, -0.2) is 0 Å². The first-order valence-electron chi connectivity index (χ1n) is 8.42. The Balaban J connectivity index is 1.40. The predicted molar refractivity (Wildman–Crippen MR) is 97.5 cm³/mol. The molecule has 2 heteroatoms. The van der Waals surface area contributed by atoms with E-state index in [1.807, 2.05) is 6.20 Å². The van der Waals surface area contributed by atoms with E-state index in [-0.39, 0.29) is 0 Å². The van der Waals surface area contributed by atoms with Crippen molar-refractivity contribution in [1.82, 2.24) is 9.88 Å². The molecule has 23 heavy (non-hydrogen) atoms. The van der Waals surface area contributed by atoms with E-state index in [1.54, 1.807) is 0 Å². The van der Waals surface area contributed by atoms with Crippen LogP contribution in [0.5, 0.6) is 0 Å². The Labute approximate surface area is 137 Å². The molecule has 2 heterocycles. The first kappa shape index (κ1) is 14.3. The van der Waals surface area contributed by atoms with Gasteiger partial charge in [0.1, 0.15) is 0 Å². The van der Waals surface area contributed by atoms with Crippen molar-refractivity contribution in [2.75, 3.05) is 19.6 Å². The van der Waals surface area contributed by atoms with E-state index in [2.05, 4.69) is 70.6 Å². The SMILES string of the molecule is C1=C(c2ccccc2)CCN(CCc2cccc3[nH]ccc23)C1. The predicted octanol–water partition coefficient (Wildman–Crippen LogP) is 4.50. The molecule has 0 bridgehead atoms. The number of hydrogen-bond donors (Lipinski definition) is 1. The van der Waals surface area contributed by atoms with E-state index in [0.29, 0.717) is 0 Å². The van der Waals surface area contributed by atoms with Crippen LogP contribution < -0.4 is 0 Å². The standard InChI is InChI=1S/C21H22N2/c1-2-5-17(6-3-1)18-10-14-23(15-11-18)16-12-19-7-4-8-21-20(19)9-13-22-21/h1-10,13,22H,11-12,14-16H2. The Morgan fingerprint density at radius 3 is 2.70 bits per heavy atom. The summed E-state index contributed by atoms with van der Waals surface area (Å²) in [5.41, 5.74) is 5.56. The lowest BCUT2D eigenvalue weighted by Crippen LogP contribution is -2.30.